The van der Waals surface area contributed by atoms with E-state index in [1.165, 1.54) is 6.33 Å². The maximum Gasteiger partial charge on any atom is 0.257 e. The number of methoxy groups -OCH3 is 1. The van der Waals surface area contributed by atoms with Gasteiger partial charge in [-0.2, -0.15) is 0 Å². The van der Waals surface area contributed by atoms with Gasteiger partial charge in [0.1, 0.15) is 24.8 Å². The van der Waals surface area contributed by atoms with Crippen LogP contribution in [0, 0.1) is 0 Å². The van der Waals surface area contributed by atoms with E-state index in [1.54, 1.807) is 23.8 Å². The Bertz CT molecular complexity index is 1040. The number of benzene rings is 2. The number of aromatic nitrogens is 2. The Kier molecular flexibility index (Phi) is 6.35. The number of carbonyl (C=O) groups excluding carboxylic acids is 1. The lowest BCUT2D eigenvalue weighted by molar-refractivity contribution is -0.0405. The summed E-state index contributed by atoms with van der Waals surface area (Å²) in [6, 6.07) is 13.3. The van der Waals surface area contributed by atoms with Crippen LogP contribution >= 0.6 is 11.8 Å². The third-order valence-corrected chi connectivity index (χ3v) is 5.70. The first-order valence-corrected chi connectivity index (χ1v) is 10.9. The number of nitrogens with zero attached hydrogens (tertiary/aromatic N) is 3. The smallest absolute Gasteiger partial charge is 0.257 e. The lowest BCUT2D eigenvalue weighted by Crippen LogP contribution is -2.47. The quantitative estimate of drug-likeness (QED) is 0.561. The zero-order valence-electron chi connectivity index (χ0n) is 16.9. The molecular weight excluding hydrogens is 402 g/mol. The predicted octanol–water partition coefficient (Wildman–Crippen LogP) is 3.28. The highest BCUT2D eigenvalue weighted by atomic mass is 32.2. The van der Waals surface area contributed by atoms with Crippen LogP contribution in [-0.4, -0.2) is 66.5 Å². The largest absolute Gasteiger partial charge is 0.496 e. The molecule has 1 amide bonds. The Labute approximate surface area is 179 Å². The first-order chi connectivity index (χ1) is 14.7. The second-order valence-corrected chi connectivity index (χ2v) is 7.70. The zero-order valence-corrected chi connectivity index (χ0v) is 17.7. The highest BCUT2D eigenvalue weighted by Crippen LogP contribution is 2.27. The van der Waals surface area contributed by atoms with Gasteiger partial charge in [-0.05, 0) is 36.6 Å². The molecule has 7 nitrogen and oxygen atoms in total. The van der Waals surface area contributed by atoms with E-state index in [0.29, 0.717) is 43.5 Å². The molecule has 0 N–H and O–H groups in total. The fraction of sp³-hybridized carbons (Fsp3) is 0.318. The van der Waals surface area contributed by atoms with Crippen molar-refractivity contribution in [2.75, 3.05) is 39.7 Å². The van der Waals surface area contributed by atoms with Gasteiger partial charge in [-0.25, -0.2) is 9.97 Å². The van der Waals surface area contributed by atoms with E-state index in [2.05, 4.69) is 9.97 Å². The molecule has 1 aliphatic rings. The zero-order chi connectivity index (χ0) is 20.9. The summed E-state index contributed by atoms with van der Waals surface area (Å²) in [5.41, 5.74) is 1.38. The Morgan fingerprint density at radius 3 is 2.97 bits per heavy atom. The molecule has 0 bridgehead atoms. The van der Waals surface area contributed by atoms with Crippen LogP contribution in [0.15, 0.2) is 53.7 Å². The van der Waals surface area contributed by atoms with Gasteiger partial charge in [0.25, 0.3) is 5.91 Å². The van der Waals surface area contributed by atoms with E-state index in [-0.39, 0.29) is 12.0 Å². The molecule has 2 aromatic carbocycles. The van der Waals surface area contributed by atoms with Crippen molar-refractivity contribution in [3.63, 3.8) is 0 Å². The van der Waals surface area contributed by atoms with Gasteiger partial charge in [0.05, 0.1) is 36.7 Å². The Balaban J connectivity index is 1.44. The fourth-order valence-electron chi connectivity index (χ4n) is 3.42. The van der Waals surface area contributed by atoms with Crippen LogP contribution in [0.2, 0.25) is 0 Å². The molecule has 0 spiro atoms. The molecule has 4 rings (SSSR count). The van der Waals surface area contributed by atoms with E-state index in [0.717, 1.165) is 15.8 Å². The average Bonchev–Trinajstić information content (AvgIpc) is 2.82. The van der Waals surface area contributed by atoms with Crippen LogP contribution in [0.1, 0.15) is 10.4 Å². The molecule has 1 unspecified atom stereocenters. The molecule has 2 heterocycles. The van der Waals surface area contributed by atoms with Crippen molar-refractivity contribution in [2.24, 2.45) is 0 Å². The van der Waals surface area contributed by atoms with Crippen LogP contribution in [0.4, 0.5) is 0 Å². The second-order valence-electron chi connectivity index (χ2n) is 6.82. The summed E-state index contributed by atoms with van der Waals surface area (Å²) in [7, 11) is 1.58. The number of rotatable bonds is 6. The summed E-state index contributed by atoms with van der Waals surface area (Å²) < 4.78 is 17.2. The predicted molar refractivity (Wildman–Crippen MR) is 115 cm³/mol. The average molecular weight is 426 g/mol. The minimum Gasteiger partial charge on any atom is -0.496 e. The molecular formula is C22H23N3O4S. The number of hydrogen-bond acceptors (Lipinski definition) is 7. The van der Waals surface area contributed by atoms with E-state index < -0.39 is 0 Å². The van der Waals surface area contributed by atoms with Gasteiger partial charge in [0.2, 0.25) is 5.88 Å². The number of thioether (sulfide) groups is 1. The summed E-state index contributed by atoms with van der Waals surface area (Å²) in [4.78, 5) is 24.4. The second kappa shape index (κ2) is 9.32. The number of para-hydroxylation sites is 1. The van der Waals surface area contributed by atoms with Crippen molar-refractivity contribution in [3.05, 3.63) is 54.4 Å². The maximum atomic E-state index is 13.1. The summed E-state index contributed by atoms with van der Waals surface area (Å²) in [6.07, 6.45) is 3.23. The molecule has 0 radical (unpaired) electrons. The minimum absolute atomic E-state index is 0.0692. The molecule has 1 saturated heterocycles. The van der Waals surface area contributed by atoms with Gasteiger partial charge in [-0.3, -0.25) is 4.79 Å². The molecule has 1 fully saturated rings. The van der Waals surface area contributed by atoms with E-state index in [1.807, 2.05) is 48.7 Å². The molecule has 1 atom stereocenters. The highest BCUT2D eigenvalue weighted by Gasteiger charge is 2.27. The number of fused-ring (bicyclic) bond motifs is 1. The van der Waals surface area contributed by atoms with Gasteiger partial charge in [0, 0.05) is 11.4 Å². The van der Waals surface area contributed by atoms with Gasteiger partial charge in [0.15, 0.2) is 0 Å². The van der Waals surface area contributed by atoms with Crippen molar-refractivity contribution >= 4 is 28.6 Å². The summed E-state index contributed by atoms with van der Waals surface area (Å²) in [5, 5.41) is 0.849. The first kappa shape index (κ1) is 20.4. The summed E-state index contributed by atoms with van der Waals surface area (Å²) in [6.45, 7) is 1.72. The Morgan fingerprint density at radius 2 is 2.13 bits per heavy atom. The molecule has 156 valence electrons. The van der Waals surface area contributed by atoms with Crippen LogP contribution in [0.25, 0.3) is 10.9 Å². The SMILES string of the molecule is COc1cc(SC)ccc1C(=O)N1CCOC(COc2ncnc3ccccc23)C1. The fourth-order valence-corrected chi connectivity index (χ4v) is 3.85. The summed E-state index contributed by atoms with van der Waals surface area (Å²) >= 11 is 1.61. The number of morpholine rings is 1. The number of amides is 1. The van der Waals surface area contributed by atoms with E-state index >= 15 is 0 Å². The van der Waals surface area contributed by atoms with Gasteiger partial charge < -0.3 is 19.1 Å². The molecule has 0 saturated carbocycles. The van der Waals surface area contributed by atoms with E-state index in [9.17, 15) is 4.79 Å². The van der Waals surface area contributed by atoms with Crippen molar-refractivity contribution in [3.8, 4) is 11.6 Å². The number of ether oxygens (including phenoxy) is 3. The minimum atomic E-state index is -0.243. The van der Waals surface area contributed by atoms with Crippen LogP contribution < -0.4 is 9.47 Å². The lowest BCUT2D eigenvalue weighted by atomic mass is 10.1. The van der Waals surface area contributed by atoms with Crippen molar-refractivity contribution in [1.82, 2.24) is 14.9 Å². The van der Waals surface area contributed by atoms with Gasteiger partial charge >= 0.3 is 0 Å². The molecule has 1 aliphatic heterocycles. The third kappa shape index (κ3) is 4.34. The number of hydrogen-bond donors (Lipinski definition) is 0. The molecule has 30 heavy (non-hydrogen) atoms. The van der Waals surface area contributed by atoms with Crippen molar-refractivity contribution < 1.29 is 19.0 Å². The highest BCUT2D eigenvalue weighted by molar-refractivity contribution is 7.98. The van der Waals surface area contributed by atoms with Crippen LogP contribution in [0.5, 0.6) is 11.6 Å². The molecule has 0 aliphatic carbocycles. The molecule has 8 heteroatoms. The topological polar surface area (TPSA) is 73.8 Å². The molecule has 1 aromatic heterocycles. The monoisotopic (exact) mass is 425 g/mol. The Morgan fingerprint density at radius 1 is 1.27 bits per heavy atom. The summed E-state index contributed by atoms with van der Waals surface area (Å²) in [5.74, 6) is 1.03. The number of carbonyl (C=O) groups is 1. The van der Waals surface area contributed by atoms with Crippen LogP contribution in [0.3, 0.4) is 0 Å². The van der Waals surface area contributed by atoms with Crippen molar-refractivity contribution in [2.45, 2.75) is 11.0 Å². The first-order valence-electron chi connectivity index (χ1n) is 9.65. The van der Waals surface area contributed by atoms with Gasteiger partial charge in [-0.1, -0.05) is 12.1 Å². The Hall–Kier alpha value is -2.84. The van der Waals surface area contributed by atoms with Crippen LogP contribution in [-0.2, 0) is 4.74 Å². The molecule has 3 aromatic rings. The maximum absolute atomic E-state index is 13.1. The van der Waals surface area contributed by atoms with Gasteiger partial charge in [-0.15, -0.1) is 11.8 Å². The standard InChI is InChI=1S/C22H23N3O4S/c1-27-20-11-16(30-2)7-8-18(20)22(26)25-9-10-28-15(12-25)13-29-21-17-5-3-4-6-19(17)23-14-24-21/h3-8,11,14-15H,9-10,12-13H2,1-2H3. The normalized spacial score (nSPS) is 16.5. The third-order valence-electron chi connectivity index (χ3n) is 4.98. The van der Waals surface area contributed by atoms with E-state index in [4.69, 9.17) is 14.2 Å². The van der Waals surface area contributed by atoms with Crippen molar-refractivity contribution in [1.29, 1.82) is 0 Å². The lowest BCUT2D eigenvalue weighted by Gasteiger charge is -2.33.